The average molecular weight is 356 g/mol. The first-order chi connectivity index (χ1) is 12.5. The van der Waals surface area contributed by atoms with Gasteiger partial charge in [-0.25, -0.2) is 0 Å². The Kier molecular flexibility index (Phi) is 5.64. The Bertz CT molecular complexity index is 795. The second kappa shape index (κ2) is 7.94. The molecule has 0 spiro atoms. The summed E-state index contributed by atoms with van der Waals surface area (Å²) in [4.78, 5) is 4.34. The number of aromatic hydroxyl groups is 2. The van der Waals surface area contributed by atoms with E-state index in [0.29, 0.717) is 23.7 Å². The van der Waals surface area contributed by atoms with E-state index >= 15 is 0 Å². The van der Waals surface area contributed by atoms with Crippen molar-refractivity contribution >= 4 is 0 Å². The summed E-state index contributed by atoms with van der Waals surface area (Å²) in [5.41, 5.74) is 2.86. The molecule has 1 aliphatic rings. The van der Waals surface area contributed by atoms with Crippen LogP contribution in [0.3, 0.4) is 0 Å². The fraction of sp³-hybridized carbons (Fsp3) is 0.524. The molecular formula is C21H28N2O3. The maximum Gasteiger partial charge on any atom is 0.229 e. The van der Waals surface area contributed by atoms with Crippen molar-refractivity contribution in [3.05, 3.63) is 46.6 Å². The third-order valence-corrected chi connectivity index (χ3v) is 5.37. The molecule has 1 aromatic heterocycles. The van der Waals surface area contributed by atoms with Gasteiger partial charge in [-0.15, -0.1) is 0 Å². The van der Waals surface area contributed by atoms with Crippen molar-refractivity contribution in [1.82, 2.24) is 10.1 Å². The Balaban J connectivity index is 1.80. The van der Waals surface area contributed by atoms with Gasteiger partial charge in [-0.3, -0.25) is 0 Å². The zero-order valence-electron chi connectivity index (χ0n) is 15.8. The molecule has 0 saturated carbocycles. The van der Waals surface area contributed by atoms with Crippen LogP contribution in [0.4, 0.5) is 0 Å². The van der Waals surface area contributed by atoms with Crippen LogP contribution in [0, 0.1) is 6.92 Å². The summed E-state index contributed by atoms with van der Waals surface area (Å²) in [7, 11) is 0. The third-order valence-electron chi connectivity index (χ3n) is 5.37. The lowest BCUT2D eigenvalue weighted by Crippen LogP contribution is -2.05. The molecule has 0 radical (unpaired) electrons. The fourth-order valence-corrected chi connectivity index (χ4v) is 3.86. The zero-order chi connectivity index (χ0) is 18.7. The Hall–Kier alpha value is -2.30. The number of benzene rings is 1. The minimum atomic E-state index is 0.0873. The molecule has 0 saturated heterocycles. The molecule has 0 aliphatic heterocycles. The fourth-order valence-electron chi connectivity index (χ4n) is 3.86. The molecule has 1 aromatic carbocycles. The minimum absolute atomic E-state index is 0.0873. The van der Waals surface area contributed by atoms with Gasteiger partial charge in [-0.05, 0) is 64.0 Å². The highest BCUT2D eigenvalue weighted by Crippen LogP contribution is 2.42. The summed E-state index contributed by atoms with van der Waals surface area (Å²) in [6, 6.07) is 3.53. The molecule has 3 rings (SSSR count). The van der Waals surface area contributed by atoms with Gasteiger partial charge in [0.2, 0.25) is 5.89 Å². The maximum absolute atomic E-state index is 10.8. The van der Waals surface area contributed by atoms with E-state index in [9.17, 15) is 10.2 Å². The minimum Gasteiger partial charge on any atom is -0.508 e. The summed E-state index contributed by atoms with van der Waals surface area (Å²) >= 11 is 0. The quantitative estimate of drug-likeness (QED) is 0.702. The van der Waals surface area contributed by atoms with E-state index in [1.54, 1.807) is 6.07 Å². The largest absolute Gasteiger partial charge is 0.508 e. The molecule has 1 heterocycles. The monoisotopic (exact) mass is 356 g/mol. The molecule has 2 aromatic rings. The van der Waals surface area contributed by atoms with Gasteiger partial charge < -0.3 is 14.7 Å². The number of aromatic nitrogens is 2. The van der Waals surface area contributed by atoms with Gasteiger partial charge in [0.1, 0.15) is 11.5 Å². The first-order valence-corrected chi connectivity index (χ1v) is 9.50. The van der Waals surface area contributed by atoms with Gasteiger partial charge in [-0.2, -0.15) is 4.98 Å². The summed E-state index contributed by atoms with van der Waals surface area (Å²) in [6.45, 7) is 6.03. The van der Waals surface area contributed by atoms with Gasteiger partial charge in [0.05, 0.1) is 0 Å². The Labute approximate surface area is 154 Å². The number of hydrogen-bond acceptors (Lipinski definition) is 5. The van der Waals surface area contributed by atoms with Crippen LogP contribution in [0.25, 0.3) is 0 Å². The van der Waals surface area contributed by atoms with E-state index in [4.69, 9.17) is 4.52 Å². The molecule has 5 heteroatoms. The van der Waals surface area contributed by atoms with Crippen LogP contribution < -0.4 is 0 Å². The first kappa shape index (κ1) is 18.5. The normalized spacial score (nSPS) is 18.6. The van der Waals surface area contributed by atoms with Crippen LogP contribution in [0.1, 0.15) is 80.6 Å². The lowest BCUT2D eigenvalue weighted by molar-refractivity contribution is 0.339. The molecule has 0 amide bonds. The van der Waals surface area contributed by atoms with Crippen LogP contribution >= 0.6 is 0 Å². The topological polar surface area (TPSA) is 79.4 Å². The maximum atomic E-state index is 10.8. The number of aryl methyl sites for hydroxylation is 2. The number of hydrogen-bond donors (Lipinski definition) is 2. The second-order valence-corrected chi connectivity index (χ2v) is 7.34. The van der Waals surface area contributed by atoms with E-state index in [1.807, 2.05) is 13.0 Å². The zero-order valence-corrected chi connectivity index (χ0v) is 15.8. The lowest BCUT2D eigenvalue weighted by Gasteiger charge is -2.23. The Morgan fingerprint density at radius 3 is 2.73 bits per heavy atom. The molecule has 26 heavy (non-hydrogen) atoms. The van der Waals surface area contributed by atoms with E-state index < -0.39 is 0 Å². The van der Waals surface area contributed by atoms with Gasteiger partial charge >= 0.3 is 0 Å². The predicted molar refractivity (Wildman–Crippen MR) is 101 cm³/mol. The molecule has 2 atom stereocenters. The van der Waals surface area contributed by atoms with E-state index in [2.05, 4.69) is 30.1 Å². The molecule has 0 bridgehead atoms. The molecular weight excluding hydrogens is 328 g/mol. The highest BCUT2D eigenvalue weighted by Gasteiger charge is 2.23. The van der Waals surface area contributed by atoms with Gasteiger partial charge in [-0.1, -0.05) is 29.8 Å². The smallest absolute Gasteiger partial charge is 0.229 e. The second-order valence-electron chi connectivity index (χ2n) is 7.34. The number of phenols is 2. The van der Waals surface area contributed by atoms with Gasteiger partial charge in [0.25, 0.3) is 0 Å². The molecule has 140 valence electrons. The predicted octanol–water partition coefficient (Wildman–Crippen LogP) is 5.13. The van der Waals surface area contributed by atoms with Gasteiger partial charge in [0.15, 0.2) is 5.82 Å². The summed E-state index contributed by atoms with van der Waals surface area (Å²) in [6.07, 6.45) is 7.74. The van der Waals surface area contributed by atoms with Crippen molar-refractivity contribution in [2.24, 2.45) is 0 Å². The number of allylic oxidation sites excluding steroid dienone is 2. The summed E-state index contributed by atoms with van der Waals surface area (Å²) < 4.78 is 5.31. The van der Waals surface area contributed by atoms with Crippen molar-refractivity contribution in [1.29, 1.82) is 0 Å². The van der Waals surface area contributed by atoms with Crippen LogP contribution in [0.5, 0.6) is 11.5 Å². The van der Waals surface area contributed by atoms with Crippen LogP contribution in [0.15, 0.2) is 28.3 Å². The number of rotatable bonds is 6. The summed E-state index contributed by atoms with van der Waals surface area (Å²) in [5, 5.41) is 25.0. The molecule has 2 N–H and O–H groups in total. The van der Waals surface area contributed by atoms with Crippen LogP contribution in [-0.4, -0.2) is 20.4 Å². The lowest BCUT2D eigenvalue weighted by atomic mass is 9.84. The number of nitrogens with zero attached hydrogens (tertiary/aromatic N) is 2. The standard InChI is InChI=1S/C21H28N2O3/c1-4-15(21-22-14(3)23-26-21)8-9-16-10-11-18(24)19(20(16)25)17-7-5-6-13(2)12-17/h10-12,15,17,24-25H,4-9H2,1-3H3. The Morgan fingerprint density at radius 2 is 2.08 bits per heavy atom. The van der Waals surface area contributed by atoms with E-state index in [1.165, 1.54) is 5.57 Å². The third kappa shape index (κ3) is 3.92. The Morgan fingerprint density at radius 1 is 1.27 bits per heavy atom. The van der Waals surface area contributed by atoms with Crippen LogP contribution in [0.2, 0.25) is 0 Å². The highest BCUT2D eigenvalue weighted by atomic mass is 16.5. The van der Waals surface area contributed by atoms with E-state index in [0.717, 1.165) is 37.7 Å². The van der Waals surface area contributed by atoms with Crippen molar-refractivity contribution in [2.75, 3.05) is 0 Å². The van der Waals surface area contributed by atoms with Crippen LogP contribution in [-0.2, 0) is 6.42 Å². The highest BCUT2D eigenvalue weighted by molar-refractivity contribution is 5.52. The average Bonchev–Trinajstić information content (AvgIpc) is 3.04. The van der Waals surface area contributed by atoms with E-state index in [-0.39, 0.29) is 23.3 Å². The molecule has 0 fully saturated rings. The first-order valence-electron chi connectivity index (χ1n) is 9.50. The van der Waals surface area contributed by atoms with Crippen molar-refractivity contribution in [3.8, 4) is 11.5 Å². The van der Waals surface area contributed by atoms with Crippen molar-refractivity contribution in [2.45, 2.75) is 71.1 Å². The molecule has 2 unspecified atom stereocenters. The molecule has 1 aliphatic carbocycles. The van der Waals surface area contributed by atoms with Crippen molar-refractivity contribution < 1.29 is 14.7 Å². The SMILES string of the molecule is CCC(CCc1ccc(O)c(C2C=C(C)CCC2)c1O)c1nc(C)no1. The van der Waals surface area contributed by atoms with Gasteiger partial charge in [0, 0.05) is 17.4 Å². The summed E-state index contributed by atoms with van der Waals surface area (Å²) in [5.74, 6) is 1.98. The number of phenolic OH excluding ortho intramolecular Hbond substituents is 2. The molecule has 5 nitrogen and oxygen atoms in total. The van der Waals surface area contributed by atoms with Crippen molar-refractivity contribution in [3.63, 3.8) is 0 Å².